The summed E-state index contributed by atoms with van der Waals surface area (Å²) in [4.78, 5) is 24.7. The minimum Gasteiger partial charge on any atom is -0.456 e. The molecule has 0 radical (unpaired) electrons. The number of ether oxygens (including phenoxy) is 2. The van der Waals surface area contributed by atoms with Gasteiger partial charge in [-0.1, -0.05) is 17.7 Å². The Morgan fingerprint density at radius 1 is 1.39 bits per heavy atom. The number of aryl methyl sites for hydroxylation is 1. The van der Waals surface area contributed by atoms with Gasteiger partial charge >= 0.3 is 5.97 Å². The van der Waals surface area contributed by atoms with E-state index in [9.17, 15) is 9.90 Å². The minimum absolute atomic E-state index is 0.00851. The minimum atomic E-state index is -0.675. The SMILES string of the molecule is Cc1ccc(C(=O)O[C@H]2C[C@H](n3cnc4c(N)nc(Cl)nc43)O[C@@H]2CO)cc1. The molecule has 2 aromatic heterocycles. The van der Waals surface area contributed by atoms with Crippen LogP contribution in [0.4, 0.5) is 5.82 Å². The topological polar surface area (TPSA) is 125 Å². The number of aliphatic hydroxyl groups excluding tert-OH is 1. The Labute approximate surface area is 165 Å². The van der Waals surface area contributed by atoms with Crippen LogP contribution in [0.1, 0.15) is 28.6 Å². The zero-order chi connectivity index (χ0) is 19.8. The third-order valence-corrected chi connectivity index (χ3v) is 4.81. The number of rotatable bonds is 4. The summed E-state index contributed by atoms with van der Waals surface area (Å²) in [6.45, 7) is 1.64. The maximum atomic E-state index is 12.4. The molecular formula is C18H18ClN5O4. The lowest BCUT2D eigenvalue weighted by atomic mass is 10.1. The number of nitrogen functional groups attached to an aromatic ring is 1. The van der Waals surface area contributed by atoms with Gasteiger partial charge in [0, 0.05) is 6.42 Å². The number of nitrogens with two attached hydrogens (primary N) is 1. The number of carbonyl (C=O) groups is 1. The maximum Gasteiger partial charge on any atom is 0.338 e. The standard InChI is InChI=1S/C18H18ClN5O4/c1-9-2-4-10(5-3-9)17(26)28-11-6-13(27-12(11)7-25)24-8-21-14-15(20)22-18(19)23-16(14)24/h2-5,8,11-13,25H,6-7H2,1H3,(H2,20,22,23)/t11-,12+,13+/m0/s1. The van der Waals surface area contributed by atoms with Gasteiger partial charge in [-0.2, -0.15) is 9.97 Å². The van der Waals surface area contributed by atoms with E-state index < -0.39 is 24.4 Å². The van der Waals surface area contributed by atoms with Gasteiger partial charge in [0.25, 0.3) is 0 Å². The van der Waals surface area contributed by atoms with Gasteiger partial charge in [0.15, 0.2) is 11.5 Å². The first-order chi connectivity index (χ1) is 13.5. The van der Waals surface area contributed by atoms with Gasteiger partial charge in [0.1, 0.15) is 24.0 Å². The number of esters is 1. The smallest absolute Gasteiger partial charge is 0.338 e. The molecule has 0 aliphatic carbocycles. The number of carbonyl (C=O) groups excluding carboxylic acids is 1. The molecule has 0 amide bonds. The van der Waals surface area contributed by atoms with E-state index in [2.05, 4.69) is 15.0 Å². The number of anilines is 1. The molecule has 0 bridgehead atoms. The fraction of sp³-hybridized carbons (Fsp3) is 0.333. The number of aromatic nitrogens is 4. The predicted molar refractivity (Wildman–Crippen MR) is 101 cm³/mol. The van der Waals surface area contributed by atoms with E-state index >= 15 is 0 Å². The molecule has 3 heterocycles. The van der Waals surface area contributed by atoms with Gasteiger partial charge in [-0.15, -0.1) is 0 Å². The molecule has 1 aliphatic rings. The van der Waals surface area contributed by atoms with E-state index in [-0.39, 0.29) is 17.7 Å². The number of fused-ring (bicyclic) bond motifs is 1. The zero-order valence-corrected chi connectivity index (χ0v) is 15.7. The number of imidazole rings is 1. The second-order valence-electron chi connectivity index (χ2n) is 6.56. The molecule has 0 unspecified atom stereocenters. The fourth-order valence-corrected chi connectivity index (χ4v) is 3.35. The van der Waals surface area contributed by atoms with Crippen molar-refractivity contribution >= 4 is 34.6 Å². The van der Waals surface area contributed by atoms with Crippen molar-refractivity contribution in [3.8, 4) is 0 Å². The Balaban J connectivity index is 1.56. The van der Waals surface area contributed by atoms with E-state index in [0.717, 1.165) is 5.56 Å². The number of hydrogen-bond acceptors (Lipinski definition) is 8. The second-order valence-corrected chi connectivity index (χ2v) is 6.90. The zero-order valence-electron chi connectivity index (χ0n) is 14.9. The number of hydrogen-bond donors (Lipinski definition) is 2. The predicted octanol–water partition coefficient (Wildman–Crippen LogP) is 1.88. The van der Waals surface area contributed by atoms with Gasteiger partial charge < -0.3 is 20.3 Å². The van der Waals surface area contributed by atoms with Crippen LogP contribution in [-0.2, 0) is 9.47 Å². The molecule has 0 spiro atoms. The molecule has 4 rings (SSSR count). The average Bonchev–Trinajstić information content (AvgIpc) is 3.26. The van der Waals surface area contributed by atoms with Gasteiger partial charge in [0.05, 0.1) is 18.5 Å². The largest absolute Gasteiger partial charge is 0.456 e. The van der Waals surface area contributed by atoms with Gasteiger partial charge in [-0.05, 0) is 30.7 Å². The van der Waals surface area contributed by atoms with E-state index in [1.165, 1.54) is 6.33 Å². The van der Waals surface area contributed by atoms with Crippen LogP contribution in [0, 0.1) is 6.92 Å². The van der Waals surface area contributed by atoms with Crippen molar-refractivity contribution in [3.05, 3.63) is 47.0 Å². The van der Waals surface area contributed by atoms with Crippen LogP contribution in [0.15, 0.2) is 30.6 Å². The number of nitrogens with zero attached hydrogens (tertiary/aromatic N) is 4. The summed E-state index contributed by atoms with van der Waals surface area (Å²) < 4.78 is 13.1. The molecule has 1 aromatic carbocycles. The summed E-state index contributed by atoms with van der Waals surface area (Å²) >= 11 is 5.90. The molecule has 1 fully saturated rings. The normalized spacial score (nSPS) is 21.9. The maximum absolute atomic E-state index is 12.4. The fourth-order valence-electron chi connectivity index (χ4n) is 3.18. The summed E-state index contributed by atoms with van der Waals surface area (Å²) in [6, 6.07) is 7.06. The van der Waals surface area contributed by atoms with Crippen molar-refractivity contribution in [2.24, 2.45) is 0 Å². The first-order valence-electron chi connectivity index (χ1n) is 8.65. The van der Waals surface area contributed by atoms with Crippen LogP contribution in [-0.4, -0.2) is 49.4 Å². The van der Waals surface area contributed by atoms with Crippen LogP contribution in [0.2, 0.25) is 5.28 Å². The number of halogens is 1. The summed E-state index contributed by atoms with van der Waals surface area (Å²) in [6.07, 6.45) is -0.0313. The third-order valence-electron chi connectivity index (χ3n) is 4.64. The van der Waals surface area contributed by atoms with E-state index in [1.807, 2.05) is 19.1 Å². The van der Waals surface area contributed by atoms with Crippen molar-refractivity contribution in [2.75, 3.05) is 12.3 Å². The van der Waals surface area contributed by atoms with Crippen molar-refractivity contribution < 1.29 is 19.4 Å². The van der Waals surface area contributed by atoms with Gasteiger partial charge in [-0.3, -0.25) is 4.57 Å². The molecule has 3 aromatic rings. The Bertz CT molecular complexity index is 1020. The van der Waals surface area contributed by atoms with Crippen LogP contribution >= 0.6 is 11.6 Å². The Kier molecular flexibility index (Phi) is 4.88. The van der Waals surface area contributed by atoms with Crippen LogP contribution < -0.4 is 5.73 Å². The molecule has 0 saturated carbocycles. The van der Waals surface area contributed by atoms with E-state index in [0.29, 0.717) is 23.1 Å². The third kappa shape index (κ3) is 3.39. The summed E-state index contributed by atoms with van der Waals surface area (Å²) in [5.41, 5.74) is 8.11. The van der Waals surface area contributed by atoms with Gasteiger partial charge in [-0.25, -0.2) is 9.78 Å². The Hall–Kier alpha value is -2.75. The number of aliphatic hydroxyl groups is 1. The van der Waals surface area contributed by atoms with Crippen molar-refractivity contribution in [2.45, 2.75) is 31.8 Å². The van der Waals surface area contributed by atoms with Crippen molar-refractivity contribution in [1.29, 1.82) is 0 Å². The first-order valence-corrected chi connectivity index (χ1v) is 9.03. The highest BCUT2D eigenvalue weighted by atomic mass is 35.5. The molecule has 1 aliphatic heterocycles. The van der Waals surface area contributed by atoms with Crippen molar-refractivity contribution in [1.82, 2.24) is 19.5 Å². The molecule has 3 N–H and O–H groups in total. The average molecular weight is 404 g/mol. The molecule has 10 heteroatoms. The van der Waals surface area contributed by atoms with Crippen LogP contribution in [0.25, 0.3) is 11.2 Å². The summed E-state index contributed by atoms with van der Waals surface area (Å²) in [5.74, 6) is -0.314. The lowest BCUT2D eigenvalue weighted by Gasteiger charge is -2.16. The molecular weight excluding hydrogens is 386 g/mol. The van der Waals surface area contributed by atoms with E-state index in [4.69, 9.17) is 26.8 Å². The van der Waals surface area contributed by atoms with Crippen molar-refractivity contribution in [3.63, 3.8) is 0 Å². The highest BCUT2D eigenvalue weighted by Gasteiger charge is 2.39. The lowest BCUT2D eigenvalue weighted by molar-refractivity contribution is -0.0500. The van der Waals surface area contributed by atoms with Crippen LogP contribution in [0.5, 0.6) is 0 Å². The molecule has 3 atom stereocenters. The van der Waals surface area contributed by atoms with Gasteiger partial charge in [0.2, 0.25) is 5.28 Å². The monoisotopic (exact) mass is 403 g/mol. The Morgan fingerprint density at radius 2 is 2.14 bits per heavy atom. The lowest BCUT2D eigenvalue weighted by Crippen LogP contribution is -2.30. The summed E-state index contributed by atoms with van der Waals surface area (Å²) in [5, 5.41) is 9.66. The number of benzene rings is 1. The Morgan fingerprint density at radius 3 is 2.86 bits per heavy atom. The van der Waals surface area contributed by atoms with E-state index in [1.54, 1.807) is 16.7 Å². The molecule has 28 heavy (non-hydrogen) atoms. The molecule has 1 saturated heterocycles. The summed E-state index contributed by atoms with van der Waals surface area (Å²) in [7, 11) is 0. The molecule has 146 valence electrons. The second kappa shape index (κ2) is 7.34. The highest BCUT2D eigenvalue weighted by molar-refractivity contribution is 6.28. The quantitative estimate of drug-likeness (QED) is 0.499. The highest BCUT2D eigenvalue weighted by Crippen LogP contribution is 2.33. The van der Waals surface area contributed by atoms with Crippen LogP contribution in [0.3, 0.4) is 0 Å². The first kappa shape index (κ1) is 18.6. The molecule has 9 nitrogen and oxygen atoms in total.